The number of nitrogens with one attached hydrogen (secondary N) is 3. The lowest BCUT2D eigenvalue weighted by molar-refractivity contribution is 0.0207. The number of aromatic amines is 1. The van der Waals surface area contributed by atoms with Gasteiger partial charge in [0.25, 0.3) is 0 Å². The van der Waals surface area contributed by atoms with E-state index < -0.39 is 6.10 Å². The Morgan fingerprint density at radius 3 is 2.55 bits per heavy atom. The number of nitrogens with zero attached hydrogens (tertiary/aromatic N) is 4. The third-order valence-corrected chi connectivity index (χ3v) is 7.96. The smallest absolute Gasteiger partial charge is 0.333 e. The van der Waals surface area contributed by atoms with E-state index in [-0.39, 0.29) is 6.03 Å². The van der Waals surface area contributed by atoms with Gasteiger partial charge < -0.3 is 19.9 Å². The van der Waals surface area contributed by atoms with Gasteiger partial charge in [-0.25, -0.2) is 9.80 Å². The summed E-state index contributed by atoms with van der Waals surface area (Å²) in [5, 5.41) is 23.9. The molecule has 40 heavy (non-hydrogen) atoms. The van der Waals surface area contributed by atoms with Crippen molar-refractivity contribution in [2.75, 3.05) is 78.1 Å². The zero-order chi connectivity index (χ0) is 27.5. The summed E-state index contributed by atoms with van der Waals surface area (Å²) in [4.78, 5) is 17.6. The Bertz CT molecular complexity index is 1310. The topological polar surface area (TPSA) is 118 Å². The fourth-order valence-corrected chi connectivity index (χ4v) is 5.76. The molecule has 3 heterocycles. The lowest BCUT2D eigenvalue weighted by atomic mass is 10.0. The highest BCUT2D eigenvalue weighted by Crippen LogP contribution is 2.49. The second-order valence-corrected chi connectivity index (χ2v) is 10.5. The Balaban J connectivity index is 1.13. The number of ether oxygens (including phenoxy) is 2. The molecule has 2 saturated heterocycles. The maximum Gasteiger partial charge on any atom is 0.333 e. The zero-order valence-corrected chi connectivity index (χ0v) is 22.9. The van der Waals surface area contributed by atoms with E-state index >= 15 is 0 Å². The van der Waals surface area contributed by atoms with Crippen LogP contribution in [-0.2, 0) is 16.0 Å². The van der Waals surface area contributed by atoms with Gasteiger partial charge in [0.2, 0.25) is 0 Å². The predicted octanol–water partition coefficient (Wildman–Crippen LogP) is 2.27. The van der Waals surface area contributed by atoms with Crippen LogP contribution in [0.25, 0.3) is 22.5 Å². The summed E-state index contributed by atoms with van der Waals surface area (Å²) in [5.74, 6) is 0. The zero-order valence-electron chi connectivity index (χ0n) is 22.9. The van der Waals surface area contributed by atoms with Crippen molar-refractivity contribution in [3.05, 3.63) is 59.2 Å². The molecule has 0 bridgehead atoms. The Kier molecular flexibility index (Phi) is 8.10. The summed E-state index contributed by atoms with van der Waals surface area (Å²) in [7, 11) is 1.75. The van der Waals surface area contributed by atoms with Gasteiger partial charge in [-0.1, -0.05) is 36.4 Å². The van der Waals surface area contributed by atoms with Crippen LogP contribution in [0.5, 0.6) is 0 Å². The number of amides is 2. The van der Waals surface area contributed by atoms with Gasteiger partial charge in [-0.15, -0.1) is 0 Å². The second-order valence-electron chi connectivity index (χ2n) is 10.5. The molecule has 0 spiro atoms. The number of aromatic nitrogens is 2. The summed E-state index contributed by atoms with van der Waals surface area (Å²) < 4.78 is 10.5. The minimum absolute atomic E-state index is 0.344. The van der Waals surface area contributed by atoms with Crippen molar-refractivity contribution in [3.63, 3.8) is 0 Å². The summed E-state index contributed by atoms with van der Waals surface area (Å²) in [5.41, 5.74) is 9.38. The van der Waals surface area contributed by atoms with E-state index in [9.17, 15) is 9.90 Å². The van der Waals surface area contributed by atoms with Crippen molar-refractivity contribution in [1.82, 2.24) is 30.4 Å². The molecule has 3 aliphatic rings. The van der Waals surface area contributed by atoms with Gasteiger partial charge in [0.1, 0.15) is 6.10 Å². The molecule has 2 fully saturated rings. The van der Waals surface area contributed by atoms with Gasteiger partial charge >= 0.3 is 6.03 Å². The molecular weight excluding hydrogens is 510 g/mol. The van der Waals surface area contributed by atoms with Gasteiger partial charge in [0.15, 0.2) is 0 Å². The highest BCUT2D eigenvalue weighted by Gasteiger charge is 2.35. The number of anilines is 1. The van der Waals surface area contributed by atoms with Gasteiger partial charge in [-0.3, -0.25) is 20.3 Å². The third kappa shape index (κ3) is 5.62. The van der Waals surface area contributed by atoms with E-state index in [4.69, 9.17) is 9.47 Å². The molecule has 212 valence electrons. The van der Waals surface area contributed by atoms with Crippen LogP contribution in [0, 0.1) is 0 Å². The molecule has 0 saturated carbocycles. The maximum absolute atomic E-state index is 12.7. The minimum Gasteiger partial charge on any atom is -0.383 e. The lowest BCUT2D eigenvalue weighted by Crippen LogP contribution is -2.49. The average Bonchev–Trinajstić information content (AvgIpc) is 3.54. The van der Waals surface area contributed by atoms with E-state index in [1.165, 1.54) is 5.56 Å². The molecule has 2 aromatic carbocycles. The van der Waals surface area contributed by atoms with Gasteiger partial charge in [-0.05, 0) is 11.6 Å². The standard InChI is InChI=1S/C29H37N7O4/c1-39-16-13-34-9-11-35(12-10-34)19-20-5-7-21(8-6-20)26-25-27(32-31-26)22-3-2-4-23(24(22)28(25)37)30-29(38)33-36-14-17-40-18-15-36/h2-8,28,37H,9-19H2,1H3,(H,31,32)(H2,30,33,38). The van der Waals surface area contributed by atoms with Crippen molar-refractivity contribution in [3.8, 4) is 22.5 Å². The molecule has 0 radical (unpaired) electrons. The molecule has 2 aliphatic heterocycles. The van der Waals surface area contributed by atoms with E-state index in [0.717, 1.165) is 74.0 Å². The molecule has 1 unspecified atom stereocenters. The molecule has 3 aromatic rings. The van der Waals surface area contributed by atoms with Crippen molar-refractivity contribution in [2.45, 2.75) is 12.6 Å². The first-order valence-electron chi connectivity index (χ1n) is 13.9. The molecule has 11 nitrogen and oxygen atoms in total. The Morgan fingerprint density at radius 1 is 1.05 bits per heavy atom. The van der Waals surface area contributed by atoms with Crippen molar-refractivity contribution in [1.29, 1.82) is 0 Å². The normalized spacial score (nSPS) is 19.8. The third-order valence-electron chi connectivity index (χ3n) is 7.96. The van der Waals surface area contributed by atoms with Gasteiger partial charge in [-0.2, -0.15) is 5.10 Å². The fraction of sp³-hybridized carbons (Fsp3) is 0.448. The van der Waals surface area contributed by atoms with Crippen LogP contribution in [0.3, 0.4) is 0 Å². The Hall–Kier alpha value is -3.32. The van der Waals surface area contributed by atoms with Gasteiger partial charge in [0, 0.05) is 87.4 Å². The Morgan fingerprint density at radius 2 is 1.80 bits per heavy atom. The number of hydrogen-bond donors (Lipinski definition) is 4. The number of carbonyl (C=O) groups is 1. The average molecular weight is 548 g/mol. The number of benzene rings is 2. The first-order chi connectivity index (χ1) is 19.6. The highest BCUT2D eigenvalue weighted by molar-refractivity contribution is 5.94. The van der Waals surface area contributed by atoms with Crippen LogP contribution < -0.4 is 10.7 Å². The first-order valence-corrected chi connectivity index (χ1v) is 13.9. The van der Waals surface area contributed by atoms with E-state index in [1.54, 1.807) is 7.11 Å². The van der Waals surface area contributed by atoms with Gasteiger partial charge in [0.05, 0.1) is 31.2 Å². The largest absolute Gasteiger partial charge is 0.383 e. The van der Waals surface area contributed by atoms with E-state index in [1.807, 2.05) is 23.2 Å². The molecule has 1 aromatic heterocycles. The number of H-pyrrole nitrogens is 1. The highest BCUT2D eigenvalue weighted by atomic mass is 16.5. The first kappa shape index (κ1) is 26.9. The van der Waals surface area contributed by atoms with Crippen LogP contribution in [0.4, 0.5) is 10.5 Å². The quantitative estimate of drug-likeness (QED) is 0.339. The lowest BCUT2D eigenvalue weighted by Gasteiger charge is -2.34. The number of carbonyl (C=O) groups excluding carboxylic acids is 1. The minimum atomic E-state index is -0.910. The van der Waals surface area contributed by atoms with E-state index in [2.05, 4.69) is 55.0 Å². The number of urea groups is 1. The number of hydrazine groups is 1. The number of aliphatic hydroxyl groups excluding tert-OH is 1. The number of methoxy groups -OCH3 is 1. The van der Waals surface area contributed by atoms with Crippen LogP contribution >= 0.6 is 0 Å². The van der Waals surface area contributed by atoms with Crippen molar-refractivity contribution >= 4 is 11.7 Å². The number of piperazine rings is 1. The van der Waals surface area contributed by atoms with Crippen LogP contribution in [0.1, 0.15) is 22.8 Å². The van der Waals surface area contributed by atoms with E-state index in [0.29, 0.717) is 37.6 Å². The molecule has 6 rings (SSSR count). The summed E-state index contributed by atoms with van der Waals surface area (Å²) >= 11 is 0. The molecule has 1 atom stereocenters. The number of aliphatic hydroxyl groups is 1. The number of rotatable bonds is 8. The van der Waals surface area contributed by atoms with Crippen LogP contribution in [-0.4, -0.2) is 109 Å². The maximum atomic E-state index is 12.7. The number of fused-ring (bicyclic) bond motifs is 3. The summed E-state index contributed by atoms with van der Waals surface area (Å²) in [6.45, 7) is 9.31. The summed E-state index contributed by atoms with van der Waals surface area (Å²) in [6, 6.07) is 13.7. The molecule has 1 aliphatic carbocycles. The number of hydrogen-bond acceptors (Lipinski definition) is 8. The van der Waals surface area contributed by atoms with Crippen LogP contribution in [0.15, 0.2) is 42.5 Å². The SMILES string of the molecule is COCCN1CCN(Cc2ccc(-c3n[nH]c4c3C(O)c3c(NC(=O)NN5CCOCC5)cccc3-4)cc2)CC1. The number of morpholine rings is 1. The Labute approximate surface area is 234 Å². The van der Waals surface area contributed by atoms with Crippen molar-refractivity contribution < 1.29 is 19.4 Å². The predicted molar refractivity (Wildman–Crippen MR) is 152 cm³/mol. The van der Waals surface area contributed by atoms with Crippen LogP contribution in [0.2, 0.25) is 0 Å². The molecular formula is C29H37N7O4. The monoisotopic (exact) mass is 547 g/mol. The molecule has 11 heteroatoms. The van der Waals surface area contributed by atoms with Crippen molar-refractivity contribution in [2.24, 2.45) is 0 Å². The molecule has 2 amide bonds. The molecule has 4 N–H and O–H groups in total. The fourth-order valence-electron chi connectivity index (χ4n) is 5.76. The second kappa shape index (κ2) is 12.0. The summed E-state index contributed by atoms with van der Waals surface area (Å²) in [6.07, 6.45) is -0.910.